The molecule has 190 valence electrons. The standard InChI is InChI=1S/C23H21ClF3N5O4/c1-11(2)29-20(33)14-9-13(22(35)36-4)8-12(3)18(14)30-21(34)16-10-17(23(25,26)27)31-32(16)19-15(24)6-5-7-28-19/h5-11H,1-4H3,(H,29,33)(H,30,34). The third-order valence-electron chi connectivity index (χ3n) is 4.83. The Morgan fingerprint density at radius 3 is 2.42 bits per heavy atom. The number of carbonyl (C=O) groups is 3. The largest absolute Gasteiger partial charge is 0.465 e. The van der Waals surface area contributed by atoms with Crippen molar-refractivity contribution in [1.29, 1.82) is 0 Å². The van der Waals surface area contributed by atoms with E-state index >= 15 is 0 Å². The number of alkyl halides is 3. The molecule has 9 nitrogen and oxygen atoms in total. The number of amides is 2. The molecule has 2 amide bonds. The number of pyridine rings is 1. The molecule has 13 heteroatoms. The van der Waals surface area contributed by atoms with Crippen molar-refractivity contribution in [2.45, 2.75) is 33.0 Å². The third-order valence-corrected chi connectivity index (χ3v) is 5.13. The van der Waals surface area contributed by atoms with Crippen molar-refractivity contribution in [2.24, 2.45) is 0 Å². The fraction of sp³-hybridized carbons (Fsp3) is 0.261. The van der Waals surface area contributed by atoms with Crippen molar-refractivity contribution >= 4 is 35.1 Å². The van der Waals surface area contributed by atoms with Gasteiger partial charge in [-0.15, -0.1) is 0 Å². The maximum Gasteiger partial charge on any atom is 0.435 e. The number of hydrogen-bond donors (Lipinski definition) is 2. The number of esters is 1. The summed E-state index contributed by atoms with van der Waals surface area (Å²) < 4.78 is 45.7. The van der Waals surface area contributed by atoms with Crippen molar-refractivity contribution in [2.75, 3.05) is 12.4 Å². The molecule has 0 aliphatic carbocycles. The second-order valence-electron chi connectivity index (χ2n) is 7.92. The van der Waals surface area contributed by atoms with E-state index in [1.165, 1.54) is 44.5 Å². The molecule has 0 aliphatic rings. The molecule has 0 radical (unpaired) electrons. The highest BCUT2D eigenvalue weighted by atomic mass is 35.5. The lowest BCUT2D eigenvalue weighted by atomic mass is 10.0. The van der Waals surface area contributed by atoms with E-state index in [0.29, 0.717) is 10.7 Å². The Kier molecular flexibility index (Phi) is 7.68. The van der Waals surface area contributed by atoms with Crippen LogP contribution in [0.2, 0.25) is 5.02 Å². The normalized spacial score (nSPS) is 11.4. The molecule has 2 aromatic heterocycles. The second kappa shape index (κ2) is 10.4. The molecular weight excluding hydrogens is 503 g/mol. The van der Waals surface area contributed by atoms with E-state index in [1.54, 1.807) is 13.8 Å². The number of halogens is 4. The molecule has 1 aromatic carbocycles. The van der Waals surface area contributed by atoms with Gasteiger partial charge in [0.05, 0.1) is 28.9 Å². The number of methoxy groups -OCH3 is 1. The van der Waals surface area contributed by atoms with E-state index in [2.05, 4.69) is 20.7 Å². The summed E-state index contributed by atoms with van der Waals surface area (Å²) in [5.41, 5.74) is -1.64. The number of hydrogen-bond acceptors (Lipinski definition) is 6. The summed E-state index contributed by atoms with van der Waals surface area (Å²) in [5.74, 6) is -2.55. The highest BCUT2D eigenvalue weighted by Gasteiger charge is 2.37. The summed E-state index contributed by atoms with van der Waals surface area (Å²) in [6.07, 6.45) is -3.58. The number of nitrogens with zero attached hydrogens (tertiary/aromatic N) is 3. The fourth-order valence-corrected chi connectivity index (χ4v) is 3.46. The first-order valence-electron chi connectivity index (χ1n) is 10.5. The molecule has 0 aliphatic heterocycles. The summed E-state index contributed by atoms with van der Waals surface area (Å²) in [7, 11) is 1.17. The maximum absolute atomic E-state index is 13.4. The lowest BCUT2D eigenvalue weighted by Crippen LogP contribution is -2.31. The quantitative estimate of drug-likeness (QED) is 0.462. The average Bonchev–Trinajstić information content (AvgIpc) is 3.25. The molecule has 0 bridgehead atoms. The van der Waals surface area contributed by atoms with Gasteiger partial charge in [-0.25, -0.2) is 14.5 Å². The van der Waals surface area contributed by atoms with Crippen LogP contribution in [0.15, 0.2) is 36.5 Å². The average molecular weight is 524 g/mol. The lowest BCUT2D eigenvalue weighted by Gasteiger charge is -2.17. The zero-order valence-corrected chi connectivity index (χ0v) is 20.3. The summed E-state index contributed by atoms with van der Waals surface area (Å²) in [6.45, 7) is 4.93. The smallest absolute Gasteiger partial charge is 0.435 e. The van der Waals surface area contributed by atoms with Crippen LogP contribution in [0, 0.1) is 6.92 Å². The Balaban J connectivity index is 2.13. The maximum atomic E-state index is 13.4. The zero-order valence-electron chi connectivity index (χ0n) is 19.5. The van der Waals surface area contributed by atoms with Crippen LogP contribution in [0.5, 0.6) is 0 Å². The molecule has 3 rings (SSSR count). The summed E-state index contributed by atoms with van der Waals surface area (Å²) >= 11 is 6.09. The predicted molar refractivity (Wildman–Crippen MR) is 124 cm³/mol. The highest BCUT2D eigenvalue weighted by Crippen LogP contribution is 2.31. The Hall–Kier alpha value is -3.93. The molecule has 0 fully saturated rings. The number of anilines is 1. The molecule has 2 N–H and O–H groups in total. The Bertz CT molecular complexity index is 1340. The first-order valence-corrected chi connectivity index (χ1v) is 10.8. The Labute approximate surface area is 208 Å². The van der Waals surface area contributed by atoms with Crippen molar-refractivity contribution in [3.63, 3.8) is 0 Å². The number of ether oxygens (including phenoxy) is 1. The van der Waals surface area contributed by atoms with E-state index in [4.69, 9.17) is 16.3 Å². The van der Waals surface area contributed by atoms with Crippen LogP contribution in [-0.4, -0.2) is 45.7 Å². The topological polar surface area (TPSA) is 115 Å². The van der Waals surface area contributed by atoms with Crippen LogP contribution in [0.3, 0.4) is 0 Å². The van der Waals surface area contributed by atoms with Gasteiger partial charge < -0.3 is 15.4 Å². The number of rotatable bonds is 6. The van der Waals surface area contributed by atoms with Crippen LogP contribution in [-0.2, 0) is 10.9 Å². The molecular formula is C23H21ClF3N5O4. The van der Waals surface area contributed by atoms with Gasteiger partial charge in [-0.05, 0) is 50.6 Å². The number of carbonyl (C=O) groups excluding carboxylic acids is 3. The predicted octanol–water partition coefficient (Wildman–Crippen LogP) is 4.43. The first kappa shape index (κ1) is 26.7. The van der Waals surface area contributed by atoms with E-state index in [0.717, 1.165) is 0 Å². The number of benzene rings is 1. The van der Waals surface area contributed by atoms with Gasteiger partial charge in [0.2, 0.25) is 0 Å². The number of aryl methyl sites for hydroxylation is 1. The summed E-state index contributed by atoms with van der Waals surface area (Å²) in [6, 6.07) is 5.70. The third kappa shape index (κ3) is 5.65. The van der Waals surface area contributed by atoms with Crippen molar-refractivity contribution < 1.29 is 32.3 Å². The van der Waals surface area contributed by atoms with Gasteiger partial charge >= 0.3 is 12.1 Å². The van der Waals surface area contributed by atoms with E-state index < -0.39 is 35.3 Å². The number of aromatic nitrogens is 3. The van der Waals surface area contributed by atoms with Gasteiger partial charge in [-0.1, -0.05) is 11.6 Å². The SMILES string of the molecule is COC(=O)c1cc(C)c(NC(=O)c2cc(C(F)(F)F)nn2-c2ncccc2Cl)c(C(=O)NC(C)C)c1. The van der Waals surface area contributed by atoms with Gasteiger partial charge in [-0.3, -0.25) is 9.59 Å². The molecule has 3 aromatic rings. The van der Waals surface area contributed by atoms with Crippen molar-refractivity contribution in [3.8, 4) is 5.82 Å². The highest BCUT2D eigenvalue weighted by molar-refractivity contribution is 6.32. The summed E-state index contributed by atoms with van der Waals surface area (Å²) in [5, 5.41) is 8.58. The van der Waals surface area contributed by atoms with Crippen LogP contribution < -0.4 is 10.6 Å². The first-order chi connectivity index (χ1) is 16.8. The van der Waals surface area contributed by atoms with E-state index in [9.17, 15) is 27.6 Å². The van der Waals surface area contributed by atoms with Gasteiger partial charge in [-0.2, -0.15) is 18.3 Å². The minimum Gasteiger partial charge on any atom is -0.465 e. The van der Waals surface area contributed by atoms with Crippen molar-refractivity contribution in [1.82, 2.24) is 20.1 Å². The zero-order chi connectivity index (χ0) is 26.8. The Morgan fingerprint density at radius 1 is 1.14 bits per heavy atom. The minimum atomic E-state index is -4.86. The van der Waals surface area contributed by atoms with Crippen molar-refractivity contribution in [3.05, 3.63) is 69.6 Å². The van der Waals surface area contributed by atoms with E-state index in [-0.39, 0.29) is 39.3 Å². The molecule has 0 atom stereocenters. The molecule has 0 spiro atoms. The van der Waals surface area contributed by atoms with Crippen LogP contribution >= 0.6 is 11.6 Å². The van der Waals surface area contributed by atoms with Gasteiger partial charge in [0.1, 0.15) is 5.69 Å². The molecule has 36 heavy (non-hydrogen) atoms. The Morgan fingerprint density at radius 2 is 1.83 bits per heavy atom. The monoisotopic (exact) mass is 523 g/mol. The fourth-order valence-electron chi connectivity index (χ4n) is 3.26. The van der Waals surface area contributed by atoms with Crippen LogP contribution in [0.25, 0.3) is 5.82 Å². The minimum absolute atomic E-state index is 0.0146. The summed E-state index contributed by atoms with van der Waals surface area (Å²) in [4.78, 5) is 42.1. The van der Waals surface area contributed by atoms with Gasteiger partial charge in [0.15, 0.2) is 11.5 Å². The van der Waals surface area contributed by atoms with Crippen LogP contribution in [0.4, 0.5) is 18.9 Å². The second-order valence-corrected chi connectivity index (χ2v) is 8.33. The molecule has 0 saturated heterocycles. The lowest BCUT2D eigenvalue weighted by molar-refractivity contribution is -0.141. The number of nitrogens with one attached hydrogen (secondary N) is 2. The van der Waals surface area contributed by atoms with Gasteiger partial charge in [0, 0.05) is 18.3 Å². The van der Waals surface area contributed by atoms with Crippen LogP contribution in [0.1, 0.15) is 56.3 Å². The van der Waals surface area contributed by atoms with Gasteiger partial charge in [0.25, 0.3) is 11.8 Å². The van der Waals surface area contributed by atoms with E-state index in [1.807, 2.05) is 0 Å². The molecule has 2 heterocycles. The molecule has 0 unspecified atom stereocenters. The molecule has 0 saturated carbocycles.